The molecule has 2 aromatic carbocycles. The van der Waals surface area contributed by atoms with Gasteiger partial charge in [-0.15, -0.1) is 0 Å². The van der Waals surface area contributed by atoms with Crippen molar-refractivity contribution in [1.82, 2.24) is 5.32 Å². The summed E-state index contributed by atoms with van der Waals surface area (Å²) in [5.41, 5.74) is 3.96. The lowest BCUT2D eigenvalue weighted by molar-refractivity contribution is 0.689. The largest absolute Gasteiger partial charge is 0.309 e. The predicted molar refractivity (Wildman–Crippen MR) is 93.2 cm³/mol. The predicted octanol–water partition coefficient (Wildman–Crippen LogP) is 5.47. The molecule has 0 aromatic heterocycles. The molecule has 0 saturated heterocycles. The molecule has 2 aromatic rings. The summed E-state index contributed by atoms with van der Waals surface area (Å²) in [5, 5.41) is 3.42. The third-order valence-corrected chi connectivity index (χ3v) is 4.25. The number of hydrogen-bond acceptors (Lipinski definition) is 1. The number of benzene rings is 2. The average molecular weight is 397 g/mol. The molecule has 1 nitrogen and oxygen atoms in total. The quantitative estimate of drug-likeness (QED) is 0.706. The maximum absolute atomic E-state index is 3.56. The second-order valence-electron chi connectivity index (χ2n) is 4.92. The first-order valence-corrected chi connectivity index (χ1v) is 8.44. The van der Waals surface area contributed by atoms with E-state index in [4.69, 9.17) is 0 Å². The molecule has 0 aliphatic rings. The van der Waals surface area contributed by atoms with Crippen molar-refractivity contribution in [3.63, 3.8) is 0 Å². The number of hydrogen-bond donors (Lipinski definition) is 1. The zero-order chi connectivity index (χ0) is 14.5. The first-order valence-electron chi connectivity index (χ1n) is 6.86. The zero-order valence-corrected chi connectivity index (χ0v) is 15.0. The Morgan fingerprint density at radius 1 is 1.00 bits per heavy atom. The van der Waals surface area contributed by atoms with Gasteiger partial charge in [-0.3, -0.25) is 0 Å². The van der Waals surface area contributed by atoms with E-state index in [1.807, 2.05) is 7.05 Å². The van der Waals surface area contributed by atoms with E-state index in [1.165, 1.54) is 23.1 Å². The summed E-state index contributed by atoms with van der Waals surface area (Å²) >= 11 is 7.13. The van der Waals surface area contributed by atoms with Crippen molar-refractivity contribution in [2.45, 2.75) is 25.8 Å². The van der Waals surface area contributed by atoms with Gasteiger partial charge in [-0.1, -0.05) is 69.5 Å². The molecule has 0 amide bonds. The van der Waals surface area contributed by atoms with Crippen molar-refractivity contribution < 1.29 is 0 Å². The van der Waals surface area contributed by atoms with E-state index in [0.717, 1.165) is 15.4 Å². The van der Waals surface area contributed by atoms with Crippen molar-refractivity contribution in [1.29, 1.82) is 0 Å². The standard InChI is InChI=1S/C17H19Br2N/c1-3-5-12-6-4-7-13(8-12)17(20-2)14-9-15(18)11-16(19)10-14/h4,6-11,17,20H,3,5H2,1-2H3. The van der Waals surface area contributed by atoms with Crippen molar-refractivity contribution in [2.24, 2.45) is 0 Å². The molecule has 0 fully saturated rings. The van der Waals surface area contributed by atoms with Crippen LogP contribution in [0.2, 0.25) is 0 Å². The molecule has 1 N–H and O–H groups in total. The summed E-state index contributed by atoms with van der Waals surface area (Å²) in [4.78, 5) is 0. The van der Waals surface area contributed by atoms with Crippen LogP contribution < -0.4 is 5.32 Å². The lowest BCUT2D eigenvalue weighted by atomic mass is 9.96. The van der Waals surface area contributed by atoms with E-state index in [2.05, 4.69) is 86.6 Å². The Morgan fingerprint density at radius 2 is 1.70 bits per heavy atom. The number of halogens is 2. The summed E-state index contributed by atoms with van der Waals surface area (Å²) in [5.74, 6) is 0. The molecule has 0 heterocycles. The highest BCUT2D eigenvalue weighted by Crippen LogP contribution is 2.28. The number of nitrogens with one attached hydrogen (secondary N) is 1. The normalized spacial score (nSPS) is 12.4. The molecule has 1 atom stereocenters. The van der Waals surface area contributed by atoms with Crippen LogP contribution in [0.3, 0.4) is 0 Å². The SMILES string of the molecule is CCCc1cccc(C(NC)c2cc(Br)cc(Br)c2)c1. The summed E-state index contributed by atoms with van der Waals surface area (Å²) in [6.07, 6.45) is 2.31. The van der Waals surface area contributed by atoms with Gasteiger partial charge >= 0.3 is 0 Å². The van der Waals surface area contributed by atoms with E-state index in [1.54, 1.807) is 0 Å². The van der Waals surface area contributed by atoms with Crippen LogP contribution >= 0.6 is 31.9 Å². The topological polar surface area (TPSA) is 12.0 Å². The second-order valence-corrected chi connectivity index (χ2v) is 6.75. The maximum atomic E-state index is 3.56. The van der Waals surface area contributed by atoms with Crippen molar-refractivity contribution >= 4 is 31.9 Å². The number of rotatable bonds is 5. The minimum atomic E-state index is 0.209. The lowest BCUT2D eigenvalue weighted by Crippen LogP contribution is -2.17. The van der Waals surface area contributed by atoms with Crippen LogP contribution in [0.5, 0.6) is 0 Å². The molecule has 0 radical (unpaired) electrons. The summed E-state index contributed by atoms with van der Waals surface area (Å²) in [6, 6.07) is 15.4. The van der Waals surface area contributed by atoms with Crippen LogP contribution in [0.4, 0.5) is 0 Å². The molecule has 3 heteroatoms. The Morgan fingerprint density at radius 3 is 2.30 bits per heavy atom. The highest BCUT2D eigenvalue weighted by molar-refractivity contribution is 9.11. The van der Waals surface area contributed by atoms with Crippen LogP contribution in [0.1, 0.15) is 36.1 Å². The lowest BCUT2D eigenvalue weighted by Gasteiger charge is -2.19. The monoisotopic (exact) mass is 395 g/mol. The van der Waals surface area contributed by atoms with E-state index < -0.39 is 0 Å². The van der Waals surface area contributed by atoms with Gasteiger partial charge in [0, 0.05) is 8.95 Å². The zero-order valence-electron chi connectivity index (χ0n) is 11.8. The van der Waals surface area contributed by atoms with E-state index in [9.17, 15) is 0 Å². The summed E-state index contributed by atoms with van der Waals surface area (Å²) < 4.78 is 2.18. The van der Waals surface area contributed by atoms with Gasteiger partial charge in [0.05, 0.1) is 6.04 Å². The van der Waals surface area contributed by atoms with Gasteiger partial charge < -0.3 is 5.32 Å². The Hall–Kier alpha value is -0.640. The third kappa shape index (κ3) is 3.94. The first-order chi connectivity index (χ1) is 9.63. The number of aryl methyl sites for hydroxylation is 1. The Bertz CT molecular complexity index is 561. The molecule has 2 rings (SSSR count). The van der Waals surface area contributed by atoms with Crippen molar-refractivity contribution in [2.75, 3.05) is 7.05 Å². The van der Waals surface area contributed by atoms with Gasteiger partial charge in [-0.25, -0.2) is 0 Å². The van der Waals surface area contributed by atoms with Gasteiger partial charge in [0.15, 0.2) is 0 Å². The van der Waals surface area contributed by atoms with E-state index >= 15 is 0 Å². The minimum Gasteiger partial charge on any atom is -0.309 e. The van der Waals surface area contributed by atoms with Crippen molar-refractivity contribution in [3.8, 4) is 0 Å². The van der Waals surface area contributed by atoms with Gasteiger partial charge in [0.2, 0.25) is 0 Å². The van der Waals surface area contributed by atoms with Gasteiger partial charge in [-0.05, 0) is 48.4 Å². The fraction of sp³-hybridized carbons (Fsp3) is 0.294. The Kier molecular flexibility index (Phi) is 5.82. The summed E-state index contributed by atoms with van der Waals surface area (Å²) in [6.45, 7) is 2.22. The van der Waals surface area contributed by atoms with Crippen LogP contribution in [0.15, 0.2) is 51.4 Å². The van der Waals surface area contributed by atoms with Crippen LogP contribution in [0, 0.1) is 0 Å². The molecular formula is C17H19Br2N. The molecule has 20 heavy (non-hydrogen) atoms. The van der Waals surface area contributed by atoms with E-state index in [0.29, 0.717) is 0 Å². The molecule has 1 unspecified atom stereocenters. The molecule has 106 valence electrons. The maximum Gasteiger partial charge on any atom is 0.0575 e. The highest BCUT2D eigenvalue weighted by atomic mass is 79.9. The van der Waals surface area contributed by atoms with Crippen molar-refractivity contribution in [3.05, 3.63) is 68.1 Å². The fourth-order valence-electron chi connectivity index (χ4n) is 2.48. The second kappa shape index (κ2) is 7.39. The smallest absolute Gasteiger partial charge is 0.0575 e. The molecule has 0 saturated carbocycles. The van der Waals surface area contributed by atoms with Gasteiger partial charge in [0.25, 0.3) is 0 Å². The molecule has 0 aliphatic heterocycles. The average Bonchev–Trinajstić information content (AvgIpc) is 2.39. The first kappa shape index (κ1) is 15.7. The summed E-state index contributed by atoms with van der Waals surface area (Å²) in [7, 11) is 2.01. The van der Waals surface area contributed by atoms with Crippen LogP contribution in [-0.2, 0) is 6.42 Å². The third-order valence-electron chi connectivity index (χ3n) is 3.33. The van der Waals surface area contributed by atoms with Gasteiger partial charge in [0.1, 0.15) is 0 Å². The van der Waals surface area contributed by atoms with Crippen LogP contribution in [0.25, 0.3) is 0 Å². The highest BCUT2D eigenvalue weighted by Gasteiger charge is 2.13. The Balaban J connectivity index is 2.38. The van der Waals surface area contributed by atoms with Gasteiger partial charge in [-0.2, -0.15) is 0 Å². The minimum absolute atomic E-state index is 0.209. The van der Waals surface area contributed by atoms with E-state index in [-0.39, 0.29) is 6.04 Å². The molecule has 0 spiro atoms. The fourth-order valence-corrected chi connectivity index (χ4v) is 3.81. The molecule has 0 bridgehead atoms. The molecular weight excluding hydrogens is 378 g/mol. The molecule has 0 aliphatic carbocycles. The van der Waals surface area contributed by atoms with Crippen LogP contribution in [-0.4, -0.2) is 7.05 Å². The Labute approximate surface area is 138 Å².